The van der Waals surface area contributed by atoms with E-state index in [0.717, 1.165) is 5.56 Å². The van der Waals surface area contributed by atoms with Crippen molar-refractivity contribution >= 4 is 0 Å². The van der Waals surface area contributed by atoms with E-state index >= 15 is 0 Å². The van der Waals surface area contributed by atoms with Crippen LogP contribution < -0.4 is 11.1 Å². The van der Waals surface area contributed by atoms with Gasteiger partial charge in [-0.2, -0.15) is 5.26 Å². The van der Waals surface area contributed by atoms with Crippen molar-refractivity contribution in [1.82, 2.24) is 5.32 Å². The highest BCUT2D eigenvalue weighted by Crippen LogP contribution is 2.08. The first-order chi connectivity index (χ1) is 6.77. The Bertz CT molecular complexity index is 344. The van der Waals surface area contributed by atoms with Gasteiger partial charge in [-0.1, -0.05) is 6.07 Å². The molecule has 74 valence electrons. The van der Waals surface area contributed by atoms with Gasteiger partial charge in [-0.25, -0.2) is 4.39 Å². The zero-order valence-corrected chi connectivity index (χ0v) is 7.76. The summed E-state index contributed by atoms with van der Waals surface area (Å²) in [5.74, 6) is -0.477. The van der Waals surface area contributed by atoms with Crippen LogP contribution in [0.4, 0.5) is 4.39 Å². The number of nitriles is 1. The molecule has 0 fully saturated rings. The number of nitrogens with one attached hydrogen (secondary N) is 1. The second kappa shape index (κ2) is 5.32. The first-order valence-corrected chi connectivity index (χ1v) is 4.37. The Hall–Kier alpha value is -1.44. The Morgan fingerprint density at radius 1 is 1.50 bits per heavy atom. The molecule has 0 saturated carbocycles. The van der Waals surface area contributed by atoms with Crippen LogP contribution >= 0.6 is 0 Å². The molecule has 0 unspecified atom stereocenters. The van der Waals surface area contributed by atoms with Crippen LogP contribution in [0.25, 0.3) is 0 Å². The topological polar surface area (TPSA) is 61.8 Å². The quantitative estimate of drug-likeness (QED) is 0.693. The summed E-state index contributed by atoms with van der Waals surface area (Å²) in [6.45, 7) is 1.87. The fraction of sp³-hybridized carbons (Fsp3) is 0.300. The average Bonchev–Trinajstić information content (AvgIpc) is 2.21. The van der Waals surface area contributed by atoms with Gasteiger partial charge < -0.3 is 11.1 Å². The Morgan fingerprint density at radius 3 is 2.93 bits per heavy atom. The first-order valence-electron chi connectivity index (χ1n) is 4.37. The van der Waals surface area contributed by atoms with Gasteiger partial charge in [0.25, 0.3) is 0 Å². The maximum atomic E-state index is 12.9. The Morgan fingerprint density at radius 2 is 2.29 bits per heavy atom. The van der Waals surface area contributed by atoms with Gasteiger partial charge in [-0.05, 0) is 17.7 Å². The minimum absolute atomic E-state index is 0.0806. The number of nitrogens with two attached hydrogens (primary N) is 1. The molecular formula is C10H12FN3. The summed E-state index contributed by atoms with van der Waals surface area (Å²) in [7, 11) is 0. The predicted octanol–water partition coefficient (Wildman–Crippen LogP) is 0.746. The van der Waals surface area contributed by atoms with E-state index in [4.69, 9.17) is 11.0 Å². The molecule has 1 rings (SSSR count). The smallest absolute Gasteiger partial charge is 0.140 e. The van der Waals surface area contributed by atoms with Crippen molar-refractivity contribution in [2.45, 2.75) is 6.54 Å². The largest absolute Gasteiger partial charge is 0.329 e. The second-order valence-electron chi connectivity index (χ2n) is 2.89. The summed E-state index contributed by atoms with van der Waals surface area (Å²) in [4.78, 5) is 0. The molecule has 0 aliphatic carbocycles. The third-order valence-corrected chi connectivity index (χ3v) is 1.80. The van der Waals surface area contributed by atoms with Gasteiger partial charge in [0.05, 0.1) is 5.56 Å². The van der Waals surface area contributed by atoms with Crippen molar-refractivity contribution in [3.05, 3.63) is 35.1 Å². The summed E-state index contributed by atoms with van der Waals surface area (Å²) < 4.78 is 12.9. The molecule has 0 saturated heterocycles. The van der Waals surface area contributed by atoms with Crippen LogP contribution in [-0.4, -0.2) is 13.1 Å². The van der Waals surface area contributed by atoms with Gasteiger partial charge >= 0.3 is 0 Å². The average molecular weight is 193 g/mol. The van der Waals surface area contributed by atoms with Gasteiger partial charge in [-0.15, -0.1) is 0 Å². The summed E-state index contributed by atoms with van der Waals surface area (Å²) in [6, 6.07) is 6.30. The first kappa shape index (κ1) is 10.6. The van der Waals surface area contributed by atoms with Crippen LogP contribution in [0.2, 0.25) is 0 Å². The standard InChI is InChI=1S/C10H12FN3/c11-10-2-1-8(5-9(10)6-13)7-14-4-3-12/h1-2,5,14H,3-4,7,12H2. The summed E-state index contributed by atoms with van der Waals surface area (Å²) in [6.07, 6.45) is 0. The van der Waals surface area contributed by atoms with Crippen molar-refractivity contribution in [2.24, 2.45) is 5.73 Å². The van der Waals surface area contributed by atoms with Gasteiger partial charge in [0, 0.05) is 19.6 Å². The van der Waals surface area contributed by atoms with Crippen LogP contribution in [0.5, 0.6) is 0 Å². The zero-order chi connectivity index (χ0) is 10.4. The minimum Gasteiger partial charge on any atom is -0.329 e. The molecule has 0 spiro atoms. The molecule has 0 aliphatic heterocycles. The number of rotatable bonds is 4. The summed E-state index contributed by atoms with van der Waals surface area (Å²) in [5, 5.41) is 11.6. The van der Waals surface area contributed by atoms with E-state index in [1.54, 1.807) is 18.2 Å². The third-order valence-electron chi connectivity index (χ3n) is 1.80. The fourth-order valence-corrected chi connectivity index (χ4v) is 1.10. The fourth-order valence-electron chi connectivity index (χ4n) is 1.10. The van der Waals surface area contributed by atoms with Crippen LogP contribution in [0.15, 0.2) is 18.2 Å². The Balaban J connectivity index is 2.66. The van der Waals surface area contributed by atoms with Crippen molar-refractivity contribution in [1.29, 1.82) is 5.26 Å². The monoisotopic (exact) mass is 193 g/mol. The lowest BCUT2D eigenvalue weighted by Crippen LogP contribution is -2.21. The molecule has 0 amide bonds. The minimum atomic E-state index is -0.477. The predicted molar refractivity (Wildman–Crippen MR) is 51.9 cm³/mol. The zero-order valence-electron chi connectivity index (χ0n) is 7.76. The molecule has 3 N–H and O–H groups in total. The lowest BCUT2D eigenvalue weighted by atomic mass is 10.1. The number of benzene rings is 1. The van der Waals surface area contributed by atoms with E-state index in [0.29, 0.717) is 19.6 Å². The molecule has 0 heterocycles. The van der Waals surface area contributed by atoms with Crippen molar-refractivity contribution in [3.63, 3.8) is 0 Å². The molecule has 1 aromatic rings. The van der Waals surface area contributed by atoms with Crippen LogP contribution in [0.1, 0.15) is 11.1 Å². The lowest BCUT2D eigenvalue weighted by molar-refractivity contribution is 0.621. The molecule has 0 radical (unpaired) electrons. The van der Waals surface area contributed by atoms with E-state index in [-0.39, 0.29) is 5.56 Å². The van der Waals surface area contributed by atoms with E-state index in [1.165, 1.54) is 6.07 Å². The van der Waals surface area contributed by atoms with Crippen LogP contribution in [0.3, 0.4) is 0 Å². The van der Waals surface area contributed by atoms with E-state index in [1.807, 2.05) is 0 Å². The number of hydrogen-bond donors (Lipinski definition) is 2. The lowest BCUT2D eigenvalue weighted by Gasteiger charge is -2.03. The summed E-state index contributed by atoms with van der Waals surface area (Å²) >= 11 is 0. The van der Waals surface area contributed by atoms with E-state index in [9.17, 15) is 4.39 Å². The van der Waals surface area contributed by atoms with Crippen molar-refractivity contribution < 1.29 is 4.39 Å². The molecule has 4 heteroatoms. The molecule has 3 nitrogen and oxygen atoms in total. The van der Waals surface area contributed by atoms with E-state index in [2.05, 4.69) is 5.32 Å². The van der Waals surface area contributed by atoms with E-state index < -0.39 is 5.82 Å². The normalized spacial score (nSPS) is 9.79. The molecule has 1 aromatic carbocycles. The van der Waals surface area contributed by atoms with Crippen LogP contribution in [0, 0.1) is 17.1 Å². The molecule has 0 aromatic heterocycles. The van der Waals surface area contributed by atoms with Gasteiger partial charge in [0.2, 0.25) is 0 Å². The highest BCUT2D eigenvalue weighted by Gasteiger charge is 2.01. The number of halogens is 1. The number of hydrogen-bond acceptors (Lipinski definition) is 3. The maximum absolute atomic E-state index is 12.9. The van der Waals surface area contributed by atoms with Crippen LogP contribution in [-0.2, 0) is 6.54 Å². The van der Waals surface area contributed by atoms with Crippen molar-refractivity contribution in [2.75, 3.05) is 13.1 Å². The molecule has 14 heavy (non-hydrogen) atoms. The number of nitrogens with zero attached hydrogens (tertiary/aromatic N) is 1. The molecule has 0 bridgehead atoms. The third kappa shape index (κ3) is 2.80. The summed E-state index contributed by atoms with van der Waals surface area (Å²) in [5.41, 5.74) is 6.26. The Kier molecular flexibility index (Phi) is 4.05. The second-order valence-corrected chi connectivity index (χ2v) is 2.89. The highest BCUT2D eigenvalue weighted by molar-refractivity contribution is 5.34. The van der Waals surface area contributed by atoms with Gasteiger partial charge in [0.15, 0.2) is 0 Å². The van der Waals surface area contributed by atoms with Gasteiger partial charge in [-0.3, -0.25) is 0 Å². The van der Waals surface area contributed by atoms with Crippen molar-refractivity contribution in [3.8, 4) is 6.07 Å². The SMILES string of the molecule is N#Cc1cc(CNCCN)ccc1F. The molecule has 0 aliphatic rings. The molecular weight excluding hydrogens is 181 g/mol. The van der Waals surface area contributed by atoms with Gasteiger partial charge in [0.1, 0.15) is 11.9 Å². The maximum Gasteiger partial charge on any atom is 0.140 e. The highest BCUT2D eigenvalue weighted by atomic mass is 19.1. The Labute approximate surface area is 82.3 Å². The molecule has 0 atom stereocenters.